The third-order valence-corrected chi connectivity index (χ3v) is 3.24. The van der Waals surface area contributed by atoms with Crippen LogP contribution >= 0.6 is 0 Å². The summed E-state index contributed by atoms with van der Waals surface area (Å²) in [6, 6.07) is 12.1. The number of benzene rings is 1. The summed E-state index contributed by atoms with van der Waals surface area (Å²) in [5.74, 6) is 0.0755. The lowest BCUT2D eigenvalue weighted by Gasteiger charge is -2.16. The summed E-state index contributed by atoms with van der Waals surface area (Å²) in [6.07, 6.45) is 2.97. The van der Waals surface area contributed by atoms with Crippen LogP contribution in [0.15, 0.2) is 42.6 Å². The van der Waals surface area contributed by atoms with Gasteiger partial charge in [-0.15, -0.1) is 0 Å². The van der Waals surface area contributed by atoms with Gasteiger partial charge >= 0.3 is 0 Å². The van der Waals surface area contributed by atoms with E-state index in [4.69, 9.17) is 0 Å². The second-order valence-electron chi connectivity index (χ2n) is 4.82. The van der Waals surface area contributed by atoms with Gasteiger partial charge in [0, 0.05) is 32.4 Å². The highest BCUT2D eigenvalue weighted by molar-refractivity contribution is 5.94. The average Bonchev–Trinajstić information content (AvgIpc) is 2.81. The summed E-state index contributed by atoms with van der Waals surface area (Å²) in [4.78, 5) is 14.1. The first-order valence-corrected chi connectivity index (χ1v) is 6.60. The lowest BCUT2D eigenvalue weighted by atomic mass is 10.1. The van der Waals surface area contributed by atoms with Crippen LogP contribution in [0.5, 0.6) is 0 Å². The van der Waals surface area contributed by atoms with Gasteiger partial charge in [-0.1, -0.05) is 37.3 Å². The maximum atomic E-state index is 12.3. The summed E-state index contributed by atoms with van der Waals surface area (Å²) >= 11 is 0. The van der Waals surface area contributed by atoms with Gasteiger partial charge < -0.3 is 9.47 Å². The number of amides is 1. The fourth-order valence-electron chi connectivity index (χ4n) is 2.20. The molecule has 0 aliphatic heterocycles. The van der Waals surface area contributed by atoms with Crippen molar-refractivity contribution >= 4 is 5.91 Å². The van der Waals surface area contributed by atoms with Crippen LogP contribution in [-0.4, -0.2) is 29.0 Å². The molecule has 0 radical (unpaired) electrons. The van der Waals surface area contributed by atoms with Crippen LogP contribution in [0, 0.1) is 0 Å². The summed E-state index contributed by atoms with van der Waals surface area (Å²) in [6.45, 7) is 2.86. The zero-order valence-electron chi connectivity index (χ0n) is 11.8. The molecule has 2 rings (SSSR count). The van der Waals surface area contributed by atoms with Gasteiger partial charge in [-0.2, -0.15) is 0 Å². The van der Waals surface area contributed by atoms with Crippen molar-refractivity contribution < 1.29 is 4.79 Å². The molecule has 0 bridgehead atoms. The minimum absolute atomic E-state index is 0.0755. The average molecular weight is 256 g/mol. The summed E-state index contributed by atoms with van der Waals surface area (Å²) in [7, 11) is 3.76. The number of aryl methyl sites for hydroxylation is 1. The quantitative estimate of drug-likeness (QED) is 0.824. The first kappa shape index (κ1) is 13.4. The molecular weight excluding hydrogens is 236 g/mol. The highest BCUT2D eigenvalue weighted by Gasteiger charge is 2.15. The zero-order chi connectivity index (χ0) is 13.8. The Morgan fingerprint density at radius 1 is 1.21 bits per heavy atom. The molecule has 0 fully saturated rings. The van der Waals surface area contributed by atoms with Gasteiger partial charge in [0.05, 0.1) is 0 Å². The van der Waals surface area contributed by atoms with Crippen molar-refractivity contribution in [3.8, 4) is 11.1 Å². The molecule has 0 spiro atoms. The number of nitrogens with zero attached hydrogens (tertiary/aromatic N) is 2. The van der Waals surface area contributed by atoms with Crippen molar-refractivity contribution in [3.05, 3.63) is 48.3 Å². The Hall–Kier alpha value is -2.03. The first-order chi connectivity index (χ1) is 9.13. The van der Waals surface area contributed by atoms with E-state index in [1.165, 1.54) is 0 Å². The van der Waals surface area contributed by atoms with E-state index in [1.54, 1.807) is 4.90 Å². The predicted octanol–water partition coefficient (Wildman–Crippen LogP) is 3.17. The van der Waals surface area contributed by atoms with E-state index in [-0.39, 0.29) is 5.91 Å². The second kappa shape index (κ2) is 5.74. The van der Waals surface area contributed by atoms with Gasteiger partial charge in [0.25, 0.3) is 5.91 Å². The monoisotopic (exact) mass is 256 g/mol. The van der Waals surface area contributed by atoms with Gasteiger partial charge in [-0.05, 0) is 18.1 Å². The van der Waals surface area contributed by atoms with E-state index in [1.807, 2.05) is 49.1 Å². The van der Waals surface area contributed by atoms with E-state index in [9.17, 15) is 4.79 Å². The molecule has 0 unspecified atom stereocenters. The molecule has 3 nitrogen and oxygen atoms in total. The highest BCUT2D eigenvalue weighted by atomic mass is 16.2. The van der Waals surface area contributed by atoms with Crippen molar-refractivity contribution in [3.63, 3.8) is 0 Å². The Morgan fingerprint density at radius 2 is 1.89 bits per heavy atom. The van der Waals surface area contributed by atoms with E-state index in [2.05, 4.69) is 19.1 Å². The van der Waals surface area contributed by atoms with Gasteiger partial charge in [-0.3, -0.25) is 4.79 Å². The third-order valence-electron chi connectivity index (χ3n) is 3.24. The van der Waals surface area contributed by atoms with Crippen LogP contribution in [0.4, 0.5) is 0 Å². The molecule has 0 atom stereocenters. The van der Waals surface area contributed by atoms with E-state index in [0.717, 1.165) is 29.8 Å². The van der Waals surface area contributed by atoms with E-state index < -0.39 is 0 Å². The minimum atomic E-state index is 0.0755. The van der Waals surface area contributed by atoms with Gasteiger partial charge in [0.15, 0.2) is 0 Å². The summed E-state index contributed by atoms with van der Waals surface area (Å²) in [5.41, 5.74) is 2.95. The van der Waals surface area contributed by atoms with Crippen molar-refractivity contribution in [1.82, 2.24) is 9.47 Å². The maximum Gasteiger partial charge on any atom is 0.270 e. The molecule has 0 N–H and O–H groups in total. The van der Waals surface area contributed by atoms with Crippen LogP contribution in [0.25, 0.3) is 11.1 Å². The van der Waals surface area contributed by atoms with Crippen molar-refractivity contribution in [2.24, 2.45) is 7.05 Å². The first-order valence-electron chi connectivity index (χ1n) is 6.60. The molecule has 0 aliphatic carbocycles. The molecule has 2 aromatic rings. The number of hydrogen-bond donors (Lipinski definition) is 0. The largest absolute Gasteiger partial charge is 0.346 e. The summed E-state index contributed by atoms with van der Waals surface area (Å²) in [5, 5.41) is 0. The number of carbonyl (C=O) groups is 1. The Kier molecular flexibility index (Phi) is 4.05. The van der Waals surface area contributed by atoms with Gasteiger partial charge in [-0.25, -0.2) is 0 Å². The number of rotatable bonds is 4. The Balaban J connectivity index is 2.29. The molecule has 3 heteroatoms. The lowest BCUT2D eigenvalue weighted by molar-refractivity contribution is 0.0786. The molecule has 1 aromatic carbocycles. The fourth-order valence-corrected chi connectivity index (χ4v) is 2.20. The summed E-state index contributed by atoms with van der Waals surface area (Å²) < 4.78 is 1.90. The van der Waals surface area contributed by atoms with Crippen LogP contribution in [0.2, 0.25) is 0 Å². The molecule has 1 aromatic heterocycles. The minimum Gasteiger partial charge on any atom is -0.346 e. The molecule has 1 heterocycles. The molecule has 19 heavy (non-hydrogen) atoms. The van der Waals surface area contributed by atoms with Crippen molar-refractivity contribution in [1.29, 1.82) is 0 Å². The van der Waals surface area contributed by atoms with Crippen LogP contribution < -0.4 is 0 Å². The second-order valence-corrected chi connectivity index (χ2v) is 4.82. The topological polar surface area (TPSA) is 25.2 Å². The third kappa shape index (κ3) is 2.87. The Bertz CT molecular complexity index is 557. The highest BCUT2D eigenvalue weighted by Crippen LogP contribution is 2.22. The van der Waals surface area contributed by atoms with E-state index in [0.29, 0.717) is 0 Å². The molecule has 0 saturated heterocycles. The van der Waals surface area contributed by atoms with Crippen LogP contribution in [0.1, 0.15) is 23.8 Å². The lowest BCUT2D eigenvalue weighted by Crippen LogP contribution is -2.28. The fraction of sp³-hybridized carbons (Fsp3) is 0.312. The van der Waals surface area contributed by atoms with E-state index >= 15 is 0 Å². The normalized spacial score (nSPS) is 10.5. The number of aromatic nitrogens is 1. The molecule has 0 saturated carbocycles. The standard InChI is InChI=1S/C16H20N2O/c1-4-10-17(2)16(19)15-11-14(12-18(15)3)13-8-6-5-7-9-13/h5-9,11-12H,4,10H2,1-3H3. The van der Waals surface area contributed by atoms with Crippen LogP contribution in [-0.2, 0) is 7.05 Å². The molecule has 100 valence electrons. The zero-order valence-corrected chi connectivity index (χ0v) is 11.8. The Labute approximate surface area is 114 Å². The number of hydrogen-bond acceptors (Lipinski definition) is 1. The Morgan fingerprint density at radius 3 is 2.53 bits per heavy atom. The van der Waals surface area contributed by atoms with Crippen LogP contribution in [0.3, 0.4) is 0 Å². The predicted molar refractivity (Wildman–Crippen MR) is 78.1 cm³/mol. The molecular formula is C16H20N2O. The number of carbonyl (C=O) groups excluding carboxylic acids is 1. The molecule has 1 amide bonds. The van der Waals surface area contributed by atoms with Crippen molar-refractivity contribution in [2.75, 3.05) is 13.6 Å². The SMILES string of the molecule is CCCN(C)C(=O)c1cc(-c2ccccc2)cn1C. The van der Waals surface area contributed by atoms with Gasteiger partial charge in [0.1, 0.15) is 5.69 Å². The van der Waals surface area contributed by atoms with Crippen molar-refractivity contribution in [2.45, 2.75) is 13.3 Å². The van der Waals surface area contributed by atoms with Gasteiger partial charge in [0.2, 0.25) is 0 Å². The maximum absolute atomic E-state index is 12.3. The smallest absolute Gasteiger partial charge is 0.270 e. The molecule has 0 aliphatic rings.